The van der Waals surface area contributed by atoms with Crippen LogP contribution >= 0.6 is 22.9 Å². The second-order valence-electron chi connectivity index (χ2n) is 5.14. The predicted molar refractivity (Wildman–Crippen MR) is 89.8 cm³/mol. The normalized spacial score (nSPS) is 11.3. The Hall–Kier alpha value is -1.89. The number of carbonyl (C=O) groups is 1. The molecule has 1 amide bonds. The summed E-state index contributed by atoms with van der Waals surface area (Å²) in [5.74, 6) is -0.122. The summed E-state index contributed by atoms with van der Waals surface area (Å²) in [4.78, 5) is 13.7. The first-order valence-electron chi connectivity index (χ1n) is 6.69. The summed E-state index contributed by atoms with van der Waals surface area (Å²) in [5, 5.41) is 7.81. The molecule has 0 aliphatic heterocycles. The van der Waals surface area contributed by atoms with Crippen LogP contribution in [0.25, 0.3) is 15.9 Å². The van der Waals surface area contributed by atoms with Crippen molar-refractivity contribution in [1.82, 2.24) is 20.2 Å². The van der Waals surface area contributed by atoms with Gasteiger partial charge in [0.25, 0.3) is 5.91 Å². The fraction of sp³-hybridized carbons (Fsp3) is 0.200. The van der Waals surface area contributed by atoms with Crippen molar-refractivity contribution in [2.75, 3.05) is 14.1 Å². The Morgan fingerprint density at radius 1 is 1.36 bits per heavy atom. The molecule has 0 radical (unpaired) electrons. The molecule has 0 aliphatic rings. The number of amides is 1. The van der Waals surface area contributed by atoms with Gasteiger partial charge in [0.15, 0.2) is 0 Å². The summed E-state index contributed by atoms with van der Waals surface area (Å²) in [6.45, 7) is 1.93. The first-order valence-corrected chi connectivity index (χ1v) is 7.88. The monoisotopic (exact) mass is 334 g/mol. The predicted octanol–water partition coefficient (Wildman–Crippen LogP) is 3.26. The summed E-state index contributed by atoms with van der Waals surface area (Å²) < 4.78 is 1.83. The van der Waals surface area contributed by atoms with Crippen molar-refractivity contribution < 1.29 is 4.79 Å². The maximum Gasteiger partial charge on any atom is 0.275 e. The topological polar surface area (TPSA) is 50.2 Å². The Bertz CT molecular complexity index is 852. The number of aromatic nitrogens is 2. The van der Waals surface area contributed by atoms with Crippen LogP contribution in [0.3, 0.4) is 0 Å². The Labute approximate surface area is 137 Å². The van der Waals surface area contributed by atoms with Crippen LogP contribution in [0, 0.1) is 6.92 Å². The molecule has 5 nitrogen and oxygen atoms in total. The molecule has 2 aromatic heterocycles. The van der Waals surface area contributed by atoms with Gasteiger partial charge in [0.05, 0.1) is 16.3 Å². The molecule has 114 valence electrons. The van der Waals surface area contributed by atoms with Crippen molar-refractivity contribution in [2.45, 2.75) is 6.92 Å². The molecule has 2 heterocycles. The molecule has 7 heteroatoms. The Morgan fingerprint density at radius 2 is 2.14 bits per heavy atom. The zero-order valence-electron chi connectivity index (χ0n) is 12.4. The molecule has 0 atom stereocenters. The van der Waals surface area contributed by atoms with E-state index in [9.17, 15) is 4.79 Å². The lowest BCUT2D eigenvalue weighted by Gasteiger charge is -2.10. The SMILES string of the molecule is Cc1nn(-c2cccc(Cl)c2)c2sc(C(=O)NN(C)C)cc12. The highest BCUT2D eigenvalue weighted by molar-refractivity contribution is 7.20. The Morgan fingerprint density at radius 3 is 2.82 bits per heavy atom. The van der Waals surface area contributed by atoms with Crippen LogP contribution in [-0.2, 0) is 0 Å². The van der Waals surface area contributed by atoms with E-state index in [1.807, 2.05) is 41.9 Å². The molecule has 3 aromatic rings. The van der Waals surface area contributed by atoms with Gasteiger partial charge in [0.1, 0.15) is 4.83 Å². The maximum absolute atomic E-state index is 12.1. The van der Waals surface area contributed by atoms with Crippen molar-refractivity contribution in [3.63, 3.8) is 0 Å². The van der Waals surface area contributed by atoms with Crippen LogP contribution in [0.1, 0.15) is 15.4 Å². The van der Waals surface area contributed by atoms with Crippen LogP contribution in [-0.4, -0.2) is 34.8 Å². The van der Waals surface area contributed by atoms with Gasteiger partial charge in [0, 0.05) is 24.5 Å². The van der Waals surface area contributed by atoms with Crippen molar-refractivity contribution >= 4 is 39.1 Å². The average molecular weight is 335 g/mol. The number of hydrazine groups is 1. The van der Waals surface area contributed by atoms with E-state index in [2.05, 4.69) is 10.5 Å². The van der Waals surface area contributed by atoms with Crippen LogP contribution in [0.15, 0.2) is 30.3 Å². The van der Waals surface area contributed by atoms with E-state index in [-0.39, 0.29) is 5.91 Å². The van der Waals surface area contributed by atoms with Gasteiger partial charge in [-0.15, -0.1) is 11.3 Å². The molecule has 3 rings (SSSR count). The Kier molecular flexibility index (Phi) is 3.90. The molecule has 0 bridgehead atoms. The van der Waals surface area contributed by atoms with Crippen LogP contribution in [0.5, 0.6) is 0 Å². The van der Waals surface area contributed by atoms with E-state index in [0.717, 1.165) is 21.6 Å². The van der Waals surface area contributed by atoms with Gasteiger partial charge in [-0.2, -0.15) is 5.10 Å². The minimum atomic E-state index is -0.122. The Balaban J connectivity index is 2.09. The highest BCUT2D eigenvalue weighted by Crippen LogP contribution is 2.30. The fourth-order valence-electron chi connectivity index (χ4n) is 2.20. The summed E-state index contributed by atoms with van der Waals surface area (Å²) in [6, 6.07) is 9.38. The molecular formula is C15H15ClN4OS. The lowest BCUT2D eigenvalue weighted by Crippen LogP contribution is -2.35. The number of aryl methyl sites for hydroxylation is 1. The molecule has 0 unspecified atom stereocenters. The van der Waals surface area contributed by atoms with Crippen molar-refractivity contribution in [3.8, 4) is 5.69 Å². The number of carbonyl (C=O) groups excluding carboxylic acids is 1. The lowest BCUT2D eigenvalue weighted by atomic mass is 10.3. The number of halogens is 1. The third-order valence-electron chi connectivity index (χ3n) is 3.15. The minimum Gasteiger partial charge on any atom is -0.285 e. The quantitative estimate of drug-likeness (QED) is 0.748. The maximum atomic E-state index is 12.1. The second kappa shape index (κ2) is 5.72. The van der Waals surface area contributed by atoms with E-state index in [0.29, 0.717) is 9.90 Å². The lowest BCUT2D eigenvalue weighted by molar-refractivity contribution is 0.0861. The number of nitrogens with one attached hydrogen (secondary N) is 1. The zero-order chi connectivity index (χ0) is 15.9. The fourth-order valence-corrected chi connectivity index (χ4v) is 3.46. The van der Waals surface area contributed by atoms with Crippen molar-refractivity contribution in [2.24, 2.45) is 0 Å². The molecule has 1 N–H and O–H groups in total. The summed E-state index contributed by atoms with van der Waals surface area (Å²) in [7, 11) is 3.56. The van der Waals surface area contributed by atoms with E-state index >= 15 is 0 Å². The molecular weight excluding hydrogens is 320 g/mol. The third kappa shape index (κ3) is 2.72. The summed E-state index contributed by atoms with van der Waals surface area (Å²) in [5.41, 5.74) is 4.52. The van der Waals surface area contributed by atoms with E-state index in [4.69, 9.17) is 11.6 Å². The van der Waals surface area contributed by atoms with Gasteiger partial charge >= 0.3 is 0 Å². The molecule has 0 saturated carbocycles. The number of hydrogen-bond donors (Lipinski definition) is 1. The number of thiophene rings is 1. The van der Waals surface area contributed by atoms with Gasteiger partial charge in [-0.3, -0.25) is 10.2 Å². The van der Waals surface area contributed by atoms with Gasteiger partial charge in [0.2, 0.25) is 0 Å². The molecule has 0 aliphatic carbocycles. The molecule has 22 heavy (non-hydrogen) atoms. The first kappa shape index (κ1) is 15.0. The smallest absolute Gasteiger partial charge is 0.275 e. The zero-order valence-corrected chi connectivity index (χ0v) is 14.0. The molecule has 0 fully saturated rings. The average Bonchev–Trinajstić information content (AvgIpc) is 2.99. The van der Waals surface area contributed by atoms with E-state index < -0.39 is 0 Å². The summed E-state index contributed by atoms with van der Waals surface area (Å²) >= 11 is 7.47. The number of benzene rings is 1. The summed E-state index contributed by atoms with van der Waals surface area (Å²) in [6.07, 6.45) is 0. The first-order chi connectivity index (χ1) is 10.5. The van der Waals surface area contributed by atoms with Crippen LogP contribution in [0.4, 0.5) is 0 Å². The molecule has 0 saturated heterocycles. The highest BCUT2D eigenvalue weighted by atomic mass is 35.5. The van der Waals surface area contributed by atoms with Crippen LogP contribution < -0.4 is 5.43 Å². The van der Waals surface area contributed by atoms with Gasteiger partial charge in [-0.1, -0.05) is 17.7 Å². The number of nitrogens with zero attached hydrogens (tertiary/aromatic N) is 3. The third-order valence-corrected chi connectivity index (χ3v) is 4.49. The number of hydrogen-bond acceptors (Lipinski definition) is 4. The van der Waals surface area contributed by atoms with Crippen molar-refractivity contribution in [3.05, 3.63) is 45.9 Å². The number of rotatable bonds is 3. The highest BCUT2D eigenvalue weighted by Gasteiger charge is 2.17. The van der Waals surface area contributed by atoms with Crippen LogP contribution in [0.2, 0.25) is 5.02 Å². The number of fused-ring (bicyclic) bond motifs is 1. The van der Waals surface area contributed by atoms with E-state index in [1.54, 1.807) is 19.1 Å². The largest absolute Gasteiger partial charge is 0.285 e. The van der Waals surface area contributed by atoms with Gasteiger partial charge in [-0.25, -0.2) is 9.69 Å². The standard InChI is InChI=1S/C15H15ClN4OS/c1-9-12-8-13(14(21)18-19(2)3)22-15(12)20(17-9)11-6-4-5-10(16)7-11/h4-8H,1-3H3,(H,18,21). The molecule has 0 spiro atoms. The molecule has 1 aromatic carbocycles. The minimum absolute atomic E-state index is 0.122. The van der Waals surface area contributed by atoms with Gasteiger partial charge < -0.3 is 0 Å². The van der Waals surface area contributed by atoms with Gasteiger partial charge in [-0.05, 0) is 31.2 Å². The van der Waals surface area contributed by atoms with Crippen molar-refractivity contribution in [1.29, 1.82) is 0 Å². The van der Waals surface area contributed by atoms with E-state index in [1.165, 1.54) is 11.3 Å². The second-order valence-corrected chi connectivity index (χ2v) is 6.61.